The molecule has 0 saturated heterocycles. The van der Waals surface area contributed by atoms with Crippen molar-refractivity contribution in [2.45, 2.75) is 11.3 Å². The molecular formula is C9H10O3S. The van der Waals surface area contributed by atoms with E-state index < -0.39 is 9.84 Å². The van der Waals surface area contributed by atoms with Gasteiger partial charge in [-0.05, 0) is 18.6 Å². The Morgan fingerprint density at radius 2 is 2.00 bits per heavy atom. The van der Waals surface area contributed by atoms with E-state index in [0.29, 0.717) is 23.7 Å². The first-order valence-corrected chi connectivity index (χ1v) is 5.80. The van der Waals surface area contributed by atoms with Crippen LogP contribution in [0.4, 0.5) is 0 Å². The molecule has 0 aliphatic carbocycles. The third-order valence-electron chi connectivity index (χ3n) is 2.00. The minimum atomic E-state index is -3.10. The van der Waals surface area contributed by atoms with Crippen LogP contribution in [-0.4, -0.2) is 20.8 Å². The fourth-order valence-electron chi connectivity index (χ4n) is 1.37. The predicted octanol–water partition coefficient (Wildman–Crippen LogP) is 1.24. The van der Waals surface area contributed by atoms with Gasteiger partial charge in [0.2, 0.25) is 0 Å². The third kappa shape index (κ3) is 1.54. The highest BCUT2D eigenvalue weighted by molar-refractivity contribution is 7.91. The molecule has 13 heavy (non-hydrogen) atoms. The number of fused-ring (bicyclic) bond motifs is 1. The van der Waals surface area contributed by atoms with E-state index in [4.69, 9.17) is 4.74 Å². The molecule has 2 rings (SSSR count). The maximum atomic E-state index is 11.6. The quantitative estimate of drug-likeness (QED) is 0.630. The number of hydrogen-bond acceptors (Lipinski definition) is 3. The predicted molar refractivity (Wildman–Crippen MR) is 48.6 cm³/mol. The summed E-state index contributed by atoms with van der Waals surface area (Å²) in [5.74, 6) is 0.671. The lowest BCUT2D eigenvalue weighted by Crippen LogP contribution is -2.04. The smallest absolute Gasteiger partial charge is 0.182 e. The number of hydrogen-bond donors (Lipinski definition) is 0. The Labute approximate surface area is 77.3 Å². The number of ether oxygens (including phenoxy) is 1. The van der Waals surface area contributed by atoms with Gasteiger partial charge in [0.25, 0.3) is 0 Å². The molecule has 1 aromatic carbocycles. The topological polar surface area (TPSA) is 43.4 Å². The van der Waals surface area contributed by atoms with E-state index in [0.717, 1.165) is 0 Å². The summed E-state index contributed by atoms with van der Waals surface area (Å²) in [6, 6.07) is 6.78. The van der Waals surface area contributed by atoms with Gasteiger partial charge in [-0.25, -0.2) is 8.42 Å². The van der Waals surface area contributed by atoms with Crippen molar-refractivity contribution in [1.82, 2.24) is 0 Å². The van der Waals surface area contributed by atoms with Gasteiger partial charge >= 0.3 is 0 Å². The third-order valence-corrected chi connectivity index (χ3v) is 3.83. The van der Waals surface area contributed by atoms with Crippen molar-refractivity contribution >= 4 is 9.84 Å². The van der Waals surface area contributed by atoms with Crippen LogP contribution in [0.5, 0.6) is 5.75 Å². The molecule has 0 fully saturated rings. The molecule has 0 spiro atoms. The number of sulfone groups is 1. The van der Waals surface area contributed by atoms with Gasteiger partial charge in [0.1, 0.15) is 10.6 Å². The average Bonchev–Trinajstić information content (AvgIpc) is 2.26. The first-order valence-electron chi connectivity index (χ1n) is 4.15. The largest absolute Gasteiger partial charge is 0.492 e. The van der Waals surface area contributed by atoms with Crippen LogP contribution in [0.1, 0.15) is 6.42 Å². The zero-order chi connectivity index (χ0) is 9.31. The van der Waals surface area contributed by atoms with Gasteiger partial charge in [-0.2, -0.15) is 0 Å². The van der Waals surface area contributed by atoms with Crippen LogP contribution < -0.4 is 4.74 Å². The molecule has 0 aromatic heterocycles. The van der Waals surface area contributed by atoms with Crippen LogP contribution in [-0.2, 0) is 9.84 Å². The van der Waals surface area contributed by atoms with E-state index in [2.05, 4.69) is 0 Å². The van der Waals surface area contributed by atoms with Crippen molar-refractivity contribution in [2.75, 3.05) is 12.4 Å². The van der Waals surface area contributed by atoms with Crippen molar-refractivity contribution in [3.8, 4) is 5.75 Å². The second kappa shape index (κ2) is 3.03. The molecule has 0 saturated carbocycles. The summed E-state index contributed by atoms with van der Waals surface area (Å²) in [5.41, 5.74) is 0. The van der Waals surface area contributed by atoms with Crippen LogP contribution in [0.3, 0.4) is 0 Å². The van der Waals surface area contributed by atoms with E-state index in [9.17, 15) is 8.42 Å². The minimum Gasteiger partial charge on any atom is -0.492 e. The van der Waals surface area contributed by atoms with Crippen molar-refractivity contribution in [3.63, 3.8) is 0 Å². The van der Waals surface area contributed by atoms with E-state index in [1.807, 2.05) is 0 Å². The molecule has 1 aliphatic heterocycles. The zero-order valence-electron chi connectivity index (χ0n) is 7.06. The summed E-state index contributed by atoms with van der Waals surface area (Å²) in [5, 5.41) is 0. The van der Waals surface area contributed by atoms with Gasteiger partial charge in [0.05, 0.1) is 12.4 Å². The highest BCUT2D eigenvalue weighted by Crippen LogP contribution is 2.27. The lowest BCUT2D eigenvalue weighted by atomic mass is 10.3. The van der Waals surface area contributed by atoms with Crippen LogP contribution in [0.2, 0.25) is 0 Å². The van der Waals surface area contributed by atoms with Crippen LogP contribution in [0.25, 0.3) is 0 Å². The molecule has 1 heterocycles. The standard InChI is InChI=1S/C9H10O3S/c10-13(11)7-3-6-12-8-4-1-2-5-9(8)13/h1-2,4-5H,3,6-7H2. The molecule has 0 unspecified atom stereocenters. The Bertz CT molecular complexity index is 409. The van der Waals surface area contributed by atoms with E-state index in [-0.39, 0.29) is 5.75 Å². The Balaban J connectivity index is 2.62. The van der Waals surface area contributed by atoms with E-state index >= 15 is 0 Å². The molecule has 3 nitrogen and oxygen atoms in total. The lowest BCUT2D eigenvalue weighted by Gasteiger charge is -2.04. The second-order valence-corrected chi connectivity index (χ2v) is 5.05. The number of para-hydroxylation sites is 1. The fraction of sp³-hybridized carbons (Fsp3) is 0.333. The van der Waals surface area contributed by atoms with Crippen molar-refractivity contribution in [1.29, 1.82) is 0 Å². The Kier molecular flexibility index (Phi) is 2.00. The molecule has 0 atom stereocenters. The summed E-state index contributed by atoms with van der Waals surface area (Å²) < 4.78 is 28.5. The molecular weight excluding hydrogens is 188 g/mol. The maximum absolute atomic E-state index is 11.6. The van der Waals surface area contributed by atoms with Gasteiger partial charge < -0.3 is 4.74 Å². The second-order valence-electron chi connectivity index (χ2n) is 2.97. The minimum absolute atomic E-state index is 0.185. The highest BCUT2D eigenvalue weighted by atomic mass is 32.2. The van der Waals surface area contributed by atoms with Crippen LogP contribution in [0, 0.1) is 0 Å². The molecule has 1 aromatic rings. The van der Waals surface area contributed by atoms with Gasteiger partial charge in [0, 0.05) is 0 Å². The molecule has 4 heteroatoms. The molecule has 1 aliphatic rings. The Morgan fingerprint density at radius 3 is 2.85 bits per heavy atom. The van der Waals surface area contributed by atoms with E-state index in [1.54, 1.807) is 24.3 Å². The van der Waals surface area contributed by atoms with Crippen molar-refractivity contribution < 1.29 is 13.2 Å². The molecule has 0 amide bonds. The summed E-state index contributed by atoms with van der Waals surface area (Å²) in [6.07, 6.45) is 0.566. The van der Waals surface area contributed by atoms with Gasteiger partial charge in [-0.1, -0.05) is 12.1 Å². The number of benzene rings is 1. The first-order chi connectivity index (χ1) is 6.20. The Morgan fingerprint density at radius 1 is 1.23 bits per heavy atom. The van der Waals surface area contributed by atoms with Gasteiger partial charge in [0.15, 0.2) is 9.84 Å². The van der Waals surface area contributed by atoms with E-state index in [1.165, 1.54) is 0 Å². The summed E-state index contributed by atoms with van der Waals surface area (Å²) >= 11 is 0. The normalized spacial score (nSPS) is 19.7. The van der Waals surface area contributed by atoms with Crippen LogP contribution in [0.15, 0.2) is 29.2 Å². The van der Waals surface area contributed by atoms with Crippen molar-refractivity contribution in [3.05, 3.63) is 24.3 Å². The van der Waals surface area contributed by atoms with Gasteiger partial charge in [-0.15, -0.1) is 0 Å². The maximum Gasteiger partial charge on any atom is 0.182 e. The molecule has 0 N–H and O–H groups in total. The lowest BCUT2D eigenvalue weighted by molar-refractivity contribution is 0.315. The summed E-state index contributed by atoms with van der Waals surface area (Å²) in [4.78, 5) is 0.326. The monoisotopic (exact) mass is 198 g/mol. The summed E-state index contributed by atoms with van der Waals surface area (Å²) in [6.45, 7) is 0.482. The fourth-order valence-corrected chi connectivity index (χ4v) is 2.80. The highest BCUT2D eigenvalue weighted by Gasteiger charge is 2.21. The van der Waals surface area contributed by atoms with Crippen molar-refractivity contribution in [2.24, 2.45) is 0 Å². The zero-order valence-corrected chi connectivity index (χ0v) is 7.88. The average molecular weight is 198 g/mol. The number of rotatable bonds is 0. The van der Waals surface area contributed by atoms with Crippen LogP contribution >= 0.6 is 0 Å². The molecule has 70 valence electrons. The first kappa shape index (κ1) is 8.56. The Hall–Kier alpha value is -1.03. The van der Waals surface area contributed by atoms with Gasteiger partial charge in [-0.3, -0.25) is 0 Å². The summed E-state index contributed by atoms with van der Waals surface area (Å²) in [7, 11) is -3.10. The SMILES string of the molecule is O=S1(=O)CCCOc2ccccc21. The molecule has 0 radical (unpaired) electrons. The molecule has 0 bridgehead atoms.